The van der Waals surface area contributed by atoms with Gasteiger partial charge in [0.25, 0.3) is 0 Å². The molecule has 0 unspecified atom stereocenters. The summed E-state index contributed by atoms with van der Waals surface area (Å²) >= 11 is 1.71. The molecule has 2 heterocycles. The van der Waals surface area contributed by atoms with Crippen molar-refractivity contribution in [1.29, 1.82) is 0 Å². The highest BCUT2D eigenvalue weighted by atomic mass is 32.2. The van der Waals surface area contributed by atoms with E-state index in [0.717, 1.165) is 28.0 Å². The highest BCUT2D eigenvalue weighted by Crippen LogP contribution is 2.31. The minimum absolute atomic E-state index is 0.833. The van der Waals surface area contributed by atoms with Gasteiger partial charge in [0.2, 0.25) is 0 Å². The normalized spacial score (nSPS) is 11.0. The number of hydrogen-bond acceptors (Lipinski definition) is 4. The molecule has 2 aromatic heterocycles. The maximum absolute atomic E-state index is 4.53. The number of nitrogens with zero attached hydrogens (tertiary/aromatic N) is 4. The Morgan fingerprint density at radius 2 is 1.57 bits per heavy atom. The lowest BCUT2D eigenvalue weighted by molar-refractivity contribution is 0.880. The maximum atomic E-state index is 4.53. The van der Waals surface area contributed by atoms with Gasteiger partial charge in [0.05, 0.1) is 5.69 Å². The van der Waals surface area contributed by atoms with Crippen molar-refractivity contribution in [2.45, 2.75) is 31.7 Å². The van der Waals surface area contributed by atoms with Crippen LogP contribution in [0.5, 0.6) is 0 Å². The molecule has 0 fully saturated rings. The van der Waals surface area contributed by atoms with E-state index >= 15 is 0 Å². The van der Waals surface area contributed by atoms with Gasteiger partial charge in [0.15, 0.2) is 11.0 Å². The molecule has 28 heavy (non-hydrogen) atoms. The zero-order valence-electron chi connectivity index (χ0n) is 16.3. The first kappa shape index (κ1) is 18.4. The summed E-state index contributed by atoms with van der Waals surface area (Å²) in [4.78, 5) is 4.13. The number of para-hydroxylation sites is 1. The Morgan fingerprint density at radius 1 is 0.857 bits per heavy atom. The van der Waals surface area contributed by atoms with Crippen molar-refractivity contribution in [3.8, 4) is 17.1 Å². The fraction of sp³-hybridized carbons (Fsp3) is 0.174. The molecule has 140 valence electrons. The molecule has 0 aliphatic heterocycles. The van der Waals surface area contributed by atoms with Crippen LogP contribution in [0.15, 0.2) is 72.1 Å². The van der Waals surface area contributed by atoms with Crippen LogP contribution in [0, 0.1) is 20.8 Å². The molecule has 0 bridgehead atoms. The lowest BCUT2D eigenvalue weighted by Gasteiger charge is -2.13. The average Bonchev–Trinajstić information content (AvgIpc) is 3.10. The highest BCUT2D eigenvalue weighted by Gasteiger charge is 2.17. The number of benzene rings is 2. The van der Waals surface area contributed by atoms with E-state index in [1.165, 1.54) is 22.3 Å². The summed E-state index contributed by atoms with van der Waals surface area (Å²) in [6.07, 6.45) is 3.57. The molecule has 0 amide bonds. The Bertz CT molecular complexity index is 1080. The zero-order chi connectivity index (χ0) is 19.5. The maximum Gasteiger partial charge on any atom is 0.196 e. The second kappa shape index (κ2) is 7.98. The van der Waals surface area contributed by atoms with E-state index in [9.17, 15) is 0 Å². The van der Waals surface area contributed by atoms with Gasteiger partial charge in [-0.2, -0.15) is 0 Å². The fourth-order valence-electron chi connectivity index (χ4n) is 3.38. The molecular weight excluding hydrogens is 364 g/mol. The number of thioether (sulfide) groups is 1. The third kappa shape index (κ3) is 3.85. The van der Waals surface area contributed by atoms with Crippen LogP contribution in [0.3, 0.4) is 0 Å². The Kier molecular flexibility index (Phi) is 5.26. The molecule has 4 aromatic rings. The molecule has 0 radical (unpaired) electrons. The van der Waals surface area contributed by atoms with Gasteiger partial charge in [-0.25, -0.2) is 0 Å². The smallest absolute Gasteiger partial charge is 0.196 e. The summed E-state index contributed by atoms with van der Waals surface area (Å²) in [6.45, 7) is 6.39. The molecule has 4 nitrogen and oxygen atoms in total. The minimum atomic E-state index is 0.833. The summed E-state index contributed by atoms with van der Waals surface area (Å²) in [5.41, 5.74) is 7.16. The fourth-order valence-corrected chi connectivity index (χ4v) is 4.26. The lowest BCUT2D eigenvalue weighted by Crippen LogP contribution is -2.02. The van der Waals surface area contributed by atoms with Crippen LogP contribution in [0.2, 0.25) is 0 Å². The monoisotopic (exact) mass is 386 g/mol. The van der Waals surface area contributed by atoms with Crippen LogP contribution in [0.1, 0.15) is 22.3 Å². The molecule has 2 aromatic carbocycles. The van der Waals surface area contributed by atoms with E-state index in [-0.39, 0.29) is 0 Å². The molecule has 4 rings (SSSR count). The second-order valence-electron chi connectivity index (χ2n) is 6.95. The molecule has 0 saturated heterocycles. The summed E-state index contributed by atoms with van der Waals surface area (Å²) in [5.74, 6) is 1.68. The predicted molar refractivity (Wildman–Crippen MR) is 115 cm³/mol. The third-order valence-electron chi connectivity index (χ3n) is 4.58. The Balaban J connectivity index is 1.75. The van der Waals surface area contributed by atoms with E-state index in [1.807, 2.05) is 12.1 Å². The van der Waals surface area contributed by atoms with Crippen molar-refractivity contribution in [2.24, 2.45) is 0 Å². The van der Waals surface area contributed by atoms with E-state index < -0.39 is 0 Å². The molecule has 0 aliphatic rings. The molecule has 5 heteroatoms. The quantitative estimate of drug-likeness (QED) is 0.422. The third-order valence-corrected chi connectivity index (χ3v) is 5.58. The molecule has 0 saturated carbocycles. The predicted octanol–water partition coefficient (Wildman–Crippen LogP) is 5.55. The van der Waals surface area contributed by atoms with Gasteiger partial charge < -0.3 is 0 Å². The number of aryl methyl sites for hydroxylation is 3. The van der Waals surface area contributed by atoms with Crippen LogP contribution < -0.4 is 0 Å². The van der Waals surface area contributed by atoms with Crippen LogP contribution in [-0.2, 0) is 5.75 Å². The Labute approximate surface area is 169 Å². The van der Waals surface area contributed by atoms with Crippen molar-refractivity contribution < 1.29 is 0 Å². The summed E-state index contributed by atoms with van der Waals surface area (Å²) in [6, 6.07) is 18.9. The second-order valence-corrected chi connectivity index (χ2v) is 7.89. The molecule has 0 spiro atoms. The molecule has 0 atom stereocenters. The summed E-state index contributed by atoms with van der Waals surface area (Å²) in [7, 11) is 0. The van der Waals surface area contributed by atoms with Crippen LogP contribution in [0.4, 0.5) is 0 Å². The Hall–Kier alpha value is -2.92. The highest BCUT2D eigenvalue weighted by molar-refractivity contribution is 7.98. The van der Waals surface area contributed by atoms with Crippen molar-refractivity contribution in [1.82, 2.24) is 19.7 Å². The standard InChI is InChI=1S/C23H22N4S/c1-16-12-17(2)14-19(13-16)15-28-23-26-25-22(20-8-10-24-11-9-20)27(23)21-7-5-4-6-18(21)3/h4-14H,15H2,1-3H3. The first-order valence-electron chi connectivity index (χ1n) is 9.23. The Morgan fingerprint density at radius 3 is 2.29 bits per heavy atom. The van der Waals surface area contributed by atoms with Gasteiger partial charge in [-0.15, -0.1) is 10.2 Å². The minimum Gasteiger partial charge on any atom is -0.270 e. The number of hydrogen-bond donors (Lipinski definition) is 0. The van der Waals surface area contributed by atoms with E-state index in [0.29, 0.717) is 0 Å². The van der Waals surface area contributed by atoms with E-state index in [2.05, 4.69) is 83.0 Å². The largest absolute Gasteiger partial charge is 0.270 e. The lowest BCUT2D eigenvalue weighted by atomic mass is 10.1. The number of pyridine rings is 1. The van der Waals surface area contributed by atoms with Gasteiger partial charge in [0.1, 0.15) is 0 Å². The van der Waals surface area contributed by atoms with E-state index in [1.54, 1.807) is 24.2 Å². The van der Waals surface area contributed by atoms with Gasteiger partial charge >= 0.3 is 0 Å². The van der Waals surface area contributed by atoms with Gasteiger partial charge in [0, 0.05) is 23.7 Å². The first-order valence-corrected chi connectivity index (χ1v) is 10.2. The number of aromatic nitrogens is 4. The zero-order valence-corrected chi connectivity index (χ0v) is 17.1. The van der Waals surface area contributed by atoms with Gasteiger partial charge in [-0.05, 0) is 50.1 Å². The van der Waals surface area contributed by atoms with Crippen molar-refractivity contribution in [2.75, 3.05) is 0 Å². The summed E-state index contributed by atoms with van der Waals surface area (Å²) in [5, 5.41) is 9.93. The SMILES string of the molecule is Cc1cc(C)cc(CSc2nnc(-c3ccncc3)n2-c2ccccc2C)c1. The van der Waals surface area contributed by atoms with E-state index in [4.69, 9.17) is 0 Å². The van der Waals surface area contributed by atoms with Crippen LogP contribution in [0.25, 0.3) is 17.1 Å². The molecule has 0 N–H and O–H groups in total. The summed E-state index contributed by atoms with van der Waals surface area (Å²) < 4.78 is 2.15. The molecular formula is C23H22N4S. The van der Waals surface area contributed by atoms with Gasteiger partial charge in [-0.3, -0.25) is 9.55 Å². The first-order chi connectivity index (χ1) is 13.6. The average molecular weight is 387 g/mol. The van der Waals surface area contributed by atoms with Crippen molar-refractivity contribution in [3.05, 3.63) is 89.2 Å². The van der Waals surface area contributed by atoms with Crippen molar-refractivity contribution in [3.63, 3.8) is 0 Å². The van der Waals surface area contributed by atoms with Crippen LogP contribution >= 0.6 is 11.8 Å². The number of rotatable bonds is 5. The van der Waals surface area contributed by atoms with Crippen LogP contribution in [-0.4, -0.2) is 19.7 Å². The van der Waals surface area contributed by atoms with Crippen molar-refractivity contribution >= 4 is 11.8 Å². The van der Waals surface area contributed by atoms with Gasteiger partial charge in [-0.1, -0.05) is 59.3 Å². The topological polar surface area (TPSA) is 43.6 Å². The molecule has 0 aliphatic carbocycles.